The first-order valence-corrected chi connectivity index (χ1v) is 19.6. The third kappa shape index (κ3) is 4.83. The van der Waals surface area contributed by atoms with Crippen LogP contribution in [-0.2, 0) is 0 Å². The van der Waals surface area contributed by atoms with Gasteiger partial charge in [0.2, 0.25) is 0 Å². The summed E-state index contributed by atoms with van der Waals surface area (Å²) in [5, 5.41) is 15.5. The maximum atomic E-state index is 5.24. The van der Waals surface area contributed by atoms with Gasteiger partial charge in [-0.2, -0.15) is 0 Å². The predicted molar refractivity (Wildman–Crippen MR) is 222 cm³/mol. The van der Waals surface area contributed by atoms with Crippen molar-refractivity contribution in [2.24, 2.45) is 4.99 Å². The minimum Gasteiger partial charge on any atom is -0.350 e. The molecular weight excluding hydrogens is 679 g/mol. The molecule has 6 heteroatoms. The standard InChI is InChI=1S/C45H29N3S3/c1-2-9-26(10-3-1)43-46-44(28-19-22-39-36(24-28)32-12-5-6-15-37(32)49-39)48-45(47-43)29-17-20-33-35-23-27(18-21-40(35)50-41(33)25-29)30-13-8-14-34-31-11-4-7-16-38(31)51-42(30)34/h1-25,44-45,48H,(H,46,47). The van der Waals surface area contributed by atoms with E-state index in [1.807, 2.05) is 34.0 Å². The first kappa shape index (κ1) is 29.4. The minimum absolute atomic E-state index is 0.117. The lowest BCUT2D eigenvalue weighted by Crippen LogP contribution is -2.44. The highest BCUT2D eigenvalue weighted by atomic mass is 32.1. The number of hydrogen-bond donors (Lipinski definition) is 2. The Kier molecular flexibility index (Phi) is 6.67. The molecule has 242 valence electrons. The zero-order valence-electron chi connectivity index (χ0n) is 27.3. The predicted octanol–water partition coefficient (Wildman–Crippen LogP) is 12.8. The Labute approximate surface area is 306 Å². The largest absolute Gasteiger partial charge is 0.350 e. The van der Waals surface area contributed by atoms with Gasteiger partial charge in [0.1, 0.15) is 18.2 Å². The summed E-state index contributed by atoms with van der Waals surface area (Å²) in [6, 6.07) is 55.4. The highest BCUT2D eigenvalue weighted by molar-refractivity contribution is 7.27. The molecule has 3 nitrogen and oxygen atoms in total. The van der Waals surface area contributed by atoms with E-state index in [1.165, 1.54) is 77.2 Å². The monoisotopic (exact) mass is 707 g/mol. The highest BCUT2D eigenvalue weighted by Crippen LogP contribution is 2.43. The molecule has 7 aromatic carbocycles. The van der Waals surface area contributed by atoms with Gasteiger partial charge in [0, 0.05) is 66.1 Å². The molecule has 0 radical (unpaired) electrons. The van der Waals surface area contributed by atoms with Crippen molar-refractivity contribution in [3.63, 3.8) is 0 Å². The lowest BCUT2D eigenvalue weighted by Gasteiger charge is -2.32. The van der Waals surface area contributed by atoms with Crippen LogP contribution in [0.2, 0.25) is 0 Å². The summed E-state index contributed by atoms with van der Waals surface area (Å²) in [6.07, 6.45) is -0.319. The fraction of sp³-hybridized carbons (Fsp3) is 0.0444. The van der Waals surface area contributed by atoms with Crippen molar-refractivity contribution >= 4 is 100 Å². The van der Waals surface area contributed by atoms with Crippen LogP contribution in [0.1, 0.15) is 29.0 Å². The summed E-state index contributed by atoms with van der Waals surface area (Å²) in [6.45, 7) is 0. The van der Waals surface area contributed by atoms with Gasteiger partial charge in [-0.3, -0.25) is 5.32 Å². The Morgan fingerprint density at radius 1 is 0.431 bits per heavy atom. The second-order valence-corrected chi connectivity index (χ2v) is 16.4. The molecule has 0 amide bonds. The molecule has 3 aromatic heterocycles. The molecule has 1 aliphatic rings. The second-order valence-electron chi connectivity index (χ2n) is 13.2. The zero-order valence-corrected chi connectivity index (χ0v) is 29.7. The Bertz CT molecular complexity index is 3000. The molecular formula is C45H29N3S3. The van der Waals surface area contributed by atoms with Crippen molar-refractivity contribution < 1.29 is 0 Å². The van der Waals surface area contributed by atoms with E-state index in [9.17, 15) is 0 Å². The normalized spacial score (nSPS) is 16.4. The van der Waals surface area contributed by atoms with E-state index in [0.29, 0.717) is 0 Å². The first-order valence-electron chi connectivity index (χ1n) is 17.2. The number of amidine groups is 1. The Hall–Kier alpha value is -5.37. The van der Waals surface area contributed by atoms with E-state index in [1.54, 1.807) is 0 Å². The van der Waals surface area contributed by atoms with Gasteiger partial charge in [-0.05, 0) is 64.7 Å². The zero-order chi connectivity index (χ0) is 33.5. The molecule has 2 unspecified atom stereocenters. The molecule has 1 aliphatic heterocycles. The lowest BCUT2D eigenvalue weighted by atomic mass is 10.00. The molecule has 51 heavy (non-hydrogen) atoms. The summed E-state index contributed by atoms with van der Waals surface area (Å²) in [5.41, 5.74) is 6.01. The van der Waals surface area contributed by atoms with Crippen molar-refractivity contribution in [2.75, 3.05) is 0 Å². The van der Waals surface area contributed by atoms with Crippen LogP contribution in [0.15, 0.2) is 157 Å². The fourth-order valence-corrected chi connectivity index (χ4v) is 11.1. The van der Waals surface area contributed by atoms with Crippen LogP contribution in [0.3, 0.4) is 0 Å². The number of hydrogen-bond acceptors (Lipinski definition) is 6. The van der Waals surface area contributed by atoms with Crippen molar-refractivity contribution in [3.05, 3.63) is 168 Å². The third-order valence-electron chi connectivity index (χ3n) is 10.2. The van der Waals surface area contributed by atoms with E-state index in [2.05, 4.69) is 162 Å². The molecule has 2 N–H and O–H groups in total. The number of fused-ring (bicyclic) bond motifs is 9. The molecule has 0 saturated carbocycles. The summed E-state index contributed by atoms with van der Waals surface area (Å²) >= 11 is 5.60. The molecule has 0 fully saturated rings. The van der Waals surface area contributed by atoms with Gasteiger partial charge >= 0.3 is 0 Å². The van der Waals surface area contributed by atoms with Crippen LogP contribution in [0.5, 0.6) is 0 Å². The van der Waals surface area contributed by atoms with E-state index < -0.39 is 0 Å². The number of benzene rings is 7. The van der Waals surface area contributed by atoms with Crippen molar-refractivity contribution in [2.45, 2.75) is 12.3 Å². The van der Waals surface area contributed by atoms with Gasteiger partial charge in [-0.25, -0.2) is 4.99 Å². The summed E-state index contributed by atoms with van der Waals surface area (Å²) in [4.78, 5) is 5.24. The maximum absolute atomic E-state index is 5.24. The van der Waals surface area contributed by atoms with Gasteiger partial charge < -0.3 is 5.32 Å². The van der Waals surface area contributed by atoms with Crippen molar-refractivity contribution in [1.82, 2.24) is 10.6 Å². The van der Waals surface area contributed by atoms with Gasteiger partial charge in [0.05, 0.1) is 0 Å². The smallest absolute Gasteiger partial charge is 0.131 e. The molecule has 11 rings (SSSR count). The van der Waals surface area contributed by atoms with Gasteiger partial charge in [-0.15, -0.1) is 34.0 Å². The summed E-state index contributed by atoms with van der Waals surface area (Å²) in [7, 11) is 0. The molecule has 10 aromatic rings. The molecule has 0 aliphatic carbocycles. The van der Waals surface area contributed by atoms with E-state index in [-0.39, 0.29) is 12.3 Å². The molecule has 0 saturated heterocycles. The Morgan fingerprint density at radius 3 is 1.94 bits per heavy atom. The van der Waals surface area contributed by atoms with Crippen LogP contribution in [0, 0.1) is 0 Å². The maximum Gasteiger partial charge on any atom is 0.131 e. The quantitative estimate of drug-likeness (QED) is 0.191. The fourth-order valence-electron chi connectivity index (χ4n) is 7.67. The lowest BCUT2D eigenvalue weighted by molar-refractivity contribution is 0.409. The van der Waals surface area contributed by atoms with Gasteiger partial charge in [0.25, 0.3) is 0 Å². The number of nitrogens with zero attached hydrogens (tertiary/aromatic N) is 1. The second kappa shape index (κ2) is 11.6. The van der Waals surface area contributed by atoms with Crippen molar-refractivity contribution in [3.8, 4) is 11.1 Å². The minimum atomic E-state index is -0.202. The summed E-state index contributed by atoms with van der Waals surface area (Å²) < 4.78 is 7.90. The number of thiophene rings is 3. The summed E-state index contributed by atoms with van der Waals surface area (Å²) in [5.74, 6) is 0.899. The number of rotatable bonds is 4. The highest BCUT2D eigenvalue weighted by Gasteiger charge is 2.26. The van der Waals surface area contributed by atoms with Crippen molar-refractivity contribution in [1.29, 1.82) is 0 Å². The van der Waals surface area contributed by atoms with E-state index >= 15 is 0 Å². The number of nitrogens with one attached hydrogen (secondary N) is 2. The van der Waals surface area contributed by atoms with Crippen LogP contribution < -0.4 is 10.6 Å². The SMILES string of the molecule is c1ccc(C2=NC(c3ccc4sc5ccccc5c4c3)NC(c3ccc4c(c3)sc3ccc(-c5cccc6c5sc5ccccc56)cc34)N2)cc1. The molecule has 4 heterocycles. The van der Waals surface area contributed by atoms with Gasteiger partial charge in [-0.1, -0.05) is 109 Å². The third-order valence-corrected chi connectivity index (χ3v) is 13.7. The first-order chi connectivity index (χ1) is 25.2. The molecule has 2 atom stereocenters. The topological polar surface area (TPSA) is 36.4 Å². The van der Waals surface area contributed by atoms with Crippen LogP contribution in [0.25, 0.3) is 71.6 Å². The van der Waals surface area contributed by atoms with Crippen LogP contribution in [-0.4, -0.2) is 5.84 Å². The van der Waals surface area contributed by atoms with E-state index in [0.717, 1.165) is 17.0 Å². The Balaban J connectivity index is 0.987. The molecule has 0 spiro atoms. The van der Waals surface area contributed by atoms with Crippen LogP contribution in [0.4, 0.5) is 0 Å². The Morgan fingerprint density at radius 2 is 1.08 bits per heavy atom. The van der Waals surface area contributed by atoms with Gasteiger partial charge in [0.15, 0.2) is 0 Å². The number of aliphatic imine (C=N–C) groups is 1. The average molecular weight is 708 g/mol. The average Bonchev–Trinajstić information content (AvgIpc) is 3.88. The van der Waals surface area contributed by atoms with E-state index in [4.69, 9.17) is 4.99 Å². The van der Waals surface area contributed by atoms with Crippen LogP contribution >= 0.6 is 34.0 Å². The molecule has 0 bridgehead atoms.